The summed E-state index contributed by atoms with van der Waals surface area (Å²) in [6.45, 7) is 6.02. The van der Waals surface area contributed by atoms with E-state index in [1.165, 1.54) is 12.1 Å². The van der Waals surface area contributed by atoms with E-state index in [2.05, 4.69) is 19.2 Å². The number of nitrogens with one attached hydrogen (secondary N) is 1. The molecule has 0 bridgehead atoms. The van der Waals surface area contributed by atoms with Crippen molar-refractivity contribution in [3.05, 3.63) is 34.6 Å². The van der Waals surface area contributed by atoms with Crippen LogP contribution in [0.2, 0.25) is 5.02 Å². The molecule has 0 aliphatic heterocycles. The van der Waals surface area contributed by atoms with Crippen LogP contribution in [0.4, 0.5) is 4.39 Å². The maximum atomic E-state index is 12.7. The van der Waals surface area contributed by atoms with Gasteiger partial charge in [-0.2, -0.15) is 0 Å². The molecule has 0 aliphatic rings. The molecule has 3 heteroatoms. The second kappa shape index (κ2) is 6.09. The second-order valence-corrected chi connectivity index (χ2v) is 4.29. The number of hydrogen-bond acceptors (Lipinski definition) is 1. The van der Waals surface area contributed by atoms with Gasteiger partial charge >= 0.3 is 0 Å². The Morgan fingerprint density at radius 3 is 2.80 bits per heavy atom. The van der Waals surface area contributed by atoms with Crippen LogP contribution in [-0.4, -0.2) is 6.54 Å². The number of hydrogen-bond donors (Lipinski definition) is 1. The van der Waals surface area contributed by atoms with E-state index in [0.29, 0.717) is 17.5 Å². The smallest absolute Gasteiger partial charge is 0.124 e. The molecule has 1 atom stereocenters. The van der Waals surface area contributed by atoms with Crippen LogP contribution in [0.15, 0.2) is 18.2 Å². The van der Waals surface area contributed by atoms with E-state index >= 15 is 0 Å². The topological polar surface area (TPSA) is 12.0 Å². The Kier molecular flexibility index (Phi) is 5.06. The third-order valence-corrected chi connectivity index (χ3v) is 2.87. The van der Waals surface area contributed by atoms with Crippen LogP contribution >= 0.6 is 11.6 Å². The molecule has 1 aromatic rings. The minimum absolute atomic E-state index is 0.286. The SMILES string of the molecule is CCC(C)CNCc1ccc(F)cc1Cl. The van der Waals surface area contributed by atoms with Gasteiger partial charge in [-0.05, 0) is 30.2 Å². The van der Waals surface area contributed by atoms with Crippen molar-refractivity contribution in [3.8, 4) is 0 Å². The van der Waals surface area contributed by atoms with E-state index in [-0.39, 0.29) is 5.82 Å². The van der Waals surface area contributed by atoms with Crippen LogP contribution in [-0.2, 0) is 6.54 Å². The Bertz CT molecular complexity index is 314. The standard InChI is InChI=1S/C12H17ClFN/c1-3-9(2)7-15-8-10-4-5-11(14)6-12(10)13/h4-6,9,15H,3,7-8H2,1-2H3. The molecule has 0 fully saturated rings. The van der Waals surface area contributed by atoms with Crippen molar-refractivity contribution in [2.24, 2.45) is 5.92 Å². The van der Waals surface area contributed by atoms with Crippen molar-refractivity contribution in [2.45, 2.75) is 26.8 Å². The van der Waals surface area contributed by atoms with E-state index < -0.39 is 0 Å². The van der Waals surface area contributed by atoms with Gasteiger partial charge in [0.25, 0.3) is 0 Å². The van der Waals surface area contributed by atoms with Gasteiger partial charge in [-0.25, -0.2) is 4.39 Å². The predicted octanol–water partition coefficient (Wildman–Crippen LogP) is 3.61. The molecule has 0 radical (unpaired) electrons. The van der Waals surface area contributed by atoms with E-state index in [1.807, 2.05) is 0 Å². The molecule has 1 N–H and O–H groups in total. The molecule has 1 rings (SSSR count). The minimum Gasteiger partial charge on any atom is -0.312 e. The number of rotatable bonds is 5. The maximum Gasteiger partial charge on any atom is 0.124 e. The van der Waals surface area contributed by atoms with Crippen LogP contribution < -0.4 is 5.32 Å². The Morgan fingerprint density at radius 2 is 2.20 bits per heavy atom. The molecule has 0 amide bonds. The molecule has 0 aliphatic carbocycles. The highest BCUT2D eigenvalue weighted by molar-refractivity contribution is 6.31. The van der Waals surface area contributed by atoms with Gasteiger partial charge in [-0.15, -0.1) is 0 Å². The highest BCUT2D eigenvalue weighted by Crippen LogP contribution is 2.16. The molecule has 0 spiro atoms. The molecule has 0 heterocycles. The lowest BCUT2D eigenvalue weighted by atomic mass is 10.1. The maximum absolute atomic E-state index is 12.7. The van der Waals surface area contributed by atoms with Crippen molar-refractivity contribution in [1.29, 1.82) is 0 Å². The third kappa shape index (κ3) is 4.18. The Hall–Kier alpha value is -0.600. The summed E-state index contributed by atoms with van der Waals surface area (Å²) in [7, 11) is 0. The number of halogens is 2. The Balaban J connectivity index is 2.44. The fourth-order valence-corrected chi connectivity index (χ4v) is 1.50. The summed E-state index contributed by atoms with van der Waals surface area (Å²) >= 11 is 5.90. The van der Waals surface area contributed by atoms with Gasteiger partial charge in [0.2, 0.25) is 0 Å². The van der Waals surface area contributed by atoms with Crippen LogP contribution in [0.3, 0.4) is 0 Å². The lowest BCUT2D eigenvalue weighted by Gasteiger charge is -2.10. The summed E-state index contributed by atoms with van der Waals surface area (Å²) in [6, 6.07) is 4.51. The summed E-state index contributed by atoms with van der Waals surface area (Å²) in [4.78, 5) is 0. The summed E-state index contributed by atoms with van der Waals surface area (Å²) < 4.78 is 12.7. The van der Waals surface area contributed by atoms with Crippen molar-refractivity contribution in [3.63, 3.8) is 0 Å². The van der Waals surface area contributed by atoms with Crippen LogP contribution in [0.5, 0.6) is 0 Å². The molecule has 0 aromatic heterocycles. The highest BCUT2D eigenvalue weighted by Gasteiger charge is 2.02. The minimum atomic E-state index is -0.286. The van der Waals surface area contributed by atoms with Gasteiger partial charge < -0.3 is 5.32 Å². The molecular weight excluding hydrogens is 213 g/mol. The molecule has 1 nitrogen and oxygen atoms in total. The van der Waals surface area contributed by atoms with Crippen LogP contribution in [0.1, 0.15) is 25.8 Å². The average molecular weight is 230 g/mol. The van der Waals surface area contributed by atoms with Crippen molar-refractivity contribution in [1.82, 2.24) is 5.32 Å². The van der Waals surface area contributed by atoms with Crippen molar-refractivity contribution in [2.75, 3.05) is 6.54 Å². The number of benzene rings is 1. The van der Waals surface area contributed by atoms with Crippen molar-refractivity contribution >= 4 is 11.6 Å². The Morgan fingerprint density at radius 1 is 1.47 bits per heavy atom. The van der Waals surface area contributed by atoms with E-state index in [0.717, 1.165) is 18.5 Å². The molecule has 84 valence electrons. The first kappa shape index (κ1) is 12.5. The fraction of sp³-hybridized carbons (Fsp3) is 0.500. The second-order valence-electron chi connectivity index (χ2n) is 3.88. The van der Waals surface area contributed by atoms with E-state index in [1.54, 1.807) is 6.07 Å². The fourth-order valence-electron chi connectivity index (χ4n) is 1.26. The lowest BCUT2D eigenvalue weighted by molar-refractivity contribution is 0.499. The Labute approximate surface area is 95.6 Å². The first-order valence-corrected chi connectivity index (χ1v) is 5.66. The van der Waals surface area contributed by atoms with Gasteiger partial charge in [-0.1, -0.05) is 37.9 Å². The lowest BCUT2D eigenvalue weighted by Crippen LogP contribution is -2.20. The first-order valence-electron chi connectivity index (χ1n) is 5.28. The molecule has 1 unspecified atom stereocenters. The normalized spacial score (nSPS) is 12.8. The summed E-state index contributed by atoms with van der Waals surface area (Å²) in [5.41, 5.74) is 0.946. The van der Waals surface area contributed by atoms with Gasteiger partial charge in [0, 0.05) is 11.6 Å². The van der Waals surface area contributed by atoms with E-state index in [4.69, 9.17) is 11.6 Å². The quantitative estimate of drug-likeness (QED) is 0.813. The molecule has 15 heavy (non-hydrogen) atoms. The highest BCUT2D eigenvalue weighted by atomic mass is 35.5. The average Bonchev–Trinajstić information content (AvgIpc) is 2.21. The monoisotopic (exact) mass is 229 g/mol. The van der Waals surface area contributed by atoms with Crippen molar-refractivity contribution < 1.29 is 4.39 Å². The molecule has 0 saturated carbocycles. The third-order valence-electron chi connectivity index (χ3n) is 2.52. The van der Waals surface area contributed by atoms with Crippen LogP contribution in [0.25, 0.3) is 0 Å². The van der Waals surface area contributed by atoms with E-state index in [9.17, 15) is 4.39 Å². The zero-order chi connectivity index (χ0) is 11.3. The van der Waals surface area contributed by atoms with Gasteiger partial charge in [0.05, 0.1) is 0 Å². The van der Waals surface area contributed by atoms with Crippen LogP contribution in [0, 0.1) is 11.7 Å². The zero-order valence-corrected chi connectivity index (χ0v) is 9.94. The zero-order valence-electron chi connectivity index (χ0n) is 9.19. The van der Waals surface area contributed by atoms with Gasteiger partial charge in [0.15, 0.2) is 0 Å². The molecule has 0 saturated heterocycles. The molecule has 1 aromatic carbocycles. The predicted molar refractivity (Wildman–Crippen MR) is 62.6 cm³/mol. The molecular formula is C12H17ClFN. The van der Waals surface area contributed by atoms with Gasteiger partial charge in [0.1, 0.15) is 5.82 Å². The van der Waals surface area contributed by atoms with Gasteiger partial charge in [-0.3, -0.25) is 0 Å². The summed E-state index contributed by atoms with van der Waals surface area (Å²) in [6.07, 6.45) is 1.16. The summed E-state index contributed by atoms with van der Waals surface area (Å²) in [5, 5.41) is 3.80. The largest absolute Gasteiger partial charge is 0.312 e. The first-order chi connectivity index (χ1) is 7.13. The summed E-state index contributed by atoms with van der Waals surface area (Å²) in [5.74, 6) is 0.370.